The zero-order valence-electron chi connectivity index (χ0n) is 47.3. The molecule has 1 atom stereocenters. The molecule has 1 fully saturated rings. The first-order chi connectivity index (χ1) is 36.7. The number of hydrogen-bond acceptors (Lipinski definition) is 18. The van der Waals surface area contributed by atoms with Crippen LogP contribution in [0, 0.1) is 5.21 Å². The van der Waals surface area contributed by atoms with Crippen LogP contribution >= 0.6 is 22.7 Å². The zero-order chi connectivity index (χ0) is 58.7. The first kappa shape index (κ1) is 62.0. The van der Waals surface area contributed by atoms with Crippen molar-refractivity contribution in [1.82, 2.24) is 29.4 Å². The van der Waals surface area contributed by atoms with Gasteiger partial charge in [0.1, 0.15) is 55.4 Å². The van der Waals surface area contributed by atoms with Gasteiger partial charge in [0, 0.05) is 81.4 Å². The number of aliphatic hydroxyl groups excluding tert-OH is 1. The number of thiophene rings is 2. The summed E-state index contributed by atoms with van der Waals surface area (Å²) in [6.45, 7) is 22.0. The van der Waals surface area contributed by atoms with Crippen molar-refractivity contribution >= 4 is 40.6 Å². The van der Waals surface area contributed by atoms with Crippen molar-refractivity contribution in [2.45, 2.75) is 105 Å². The minimum atomic E-state index is -6.06. The SMILES string of the molecule is COc1cc2c(cc1C(O)C(C)(C)O)-c1c(c(C(=O)N(C)C(C)(C)C)nn1-c1ccsc1)CO2.COc1cc2c(cc1C=C(C)C)-c1c(c(C(=O)N(C)C(C)(C)C)nn1-c1ccsc1)CO2.C[N+]1([O-])CCOCC1.[O]=[Os](=[O])(=[O])=[O]. The molecule has 3 aliphatic rings. The van der Waals surface area contributed by atoms with Crippen LogP contribution in [0.4, 0.5) is 0 Å². The molecule has 9 rings (SSSR count). The van der Waals surface area contributed by atoms with Crippen LogP contribution in [0.15, 0.2) is 63.5 Å². The number of aliphatic hydroxyl groups is 2. The quantitative estimate of drug-likeness (QED) is 0.101. The van der Waals surface area contributed by atoms with Crippen LogP contribution in [0.5, 0.6) is 23.0 Å². The van der Waals surface area contributed by atoms with Gasteiger partial charge >= 0.3 is 29.0 Å². The van der Waals surface area contributed by atoms with Gasteiger partial charge in [-0.05, 0) is 104 Å². The molecular formula is C55H71N7O14OsS2. The molecule has 4 aromatic heterocycles. The van der Waals surface area contributed by atoms with Gasteiger partial charge in [-0.3, -0.25) is 9.59 Å². The Morgan fingerprint density at radius 1 is 0.759 bits per heavy atom. The molecule has 3 aliphatic heterocycles. The molecular weight excluding hydrogens is 1240 g/mol. The van der Waals surface area contributed by atoms with Gasteiger partial charge in [0.2, 0.25) is 0 Å². The third-order valence-corrected chi connectivity index (χ3v) is 14.6. The second-order valence-electron chi connectivity index (χ2n) is 22.0. The first-order valence-corrected chi connectivity index (χ1v) is 31.0. The van der Waals surface area contributed by atoms with E-state index in [4.69, 9.17) is 48.0 Å². The van der Waals surface area contributed by atoms with E-state index in [2.05, 4.69) is 26.0 Å². The van der Waals surface area contributed by atoms with Gasteiger partial charge < -0.3 is 53.6 Å². The maximum absolute atomic E-state index is 13.5. The Morgan fingerprint density at radius 2 is 1.18 bits per heavy atom. The number of aromatic nitrogens is 4. The van der Waals surface area contributed by atoms with Crippen LogP contribution < -0.4 is 18.9 Å². The summed E-state index contributed by atoms with van der Waals surface area (Å²) in [5.41, 5.74) is 7.58. The molecule has 0 aliphatic carbocycles. The van der Waals surface area contributed by atoms with Crippen molar-refractivity contribution < 1.29 is 77.1 Å². The van der Waals surface area contributed by atoms with Crippen LogP contribution in [0.2, 0.25) is 0 Å². The average molecular weight is 1310 g/mol. The third kappa shape index (κ3) is 14.8. The summed E-state index contributed by atoms with van der Waals surface area (Å²) in [6.07, 6.45) is 0.877. The van der Waals surface area contributed by atoms with E-state index in [-0.39, 0.29) is 40.8 Å². The van der Waals surface area contributed by atoms with Crippen LogP contribution in [-0.4, -0.2) is 134 Å². The van der Waals surface area contributed by atoms with E-state index < -0.39 is 26.5 Å². The number of morpholine rings is 1. The number of quaternary nitrogens is 1. The van der Waals surface area contributed by atoms with Crippen molar-refractivity contribution in [3.05, 3.63) is 102 Å². The Morgan fingerprint density at radius 3 is 1.52 bits per heavy atom. The van der Waals surface area contributed by atoms with E-state index in [1.165, 1.54) is 32.3 Å². The maximum atomic E-state index is 13.5. The van der Waals surface area contributed by atoms with E-state index in [1.807, 2.05) is 93.0 Å². The Kier molecular flexibility index (Phi) is 19.0. The molecule has 0 saturated carbocycles. The molecule has 0 radical (unpaired) electrons. The van der Waals surface area contributed by atoms with Gasteiger partial charge in [-0.2, -0.15) is 32.9 Å². The first-order valence-electron chi connectivity index (χ1n) is 25.0. The number of likely N-dealkylation sites (N-methyl/N-ethyl adjacent to an activating group) is 1. The number of methoxy groups -OCH3 is 2. The van der Waals surface area contributed by atoms with Gasteiger partial charge in [0.25, 0.3) is 11.8 Å². The van der Waals surface area contributed by atoms with E-state index in [0.717, 1.165) is 56.5 Å². The summed E-state index contributed by atoms with van der Waals surface area (Å²) < 4.78 is 66.3. The molecule has 2 aromatic carbocycles. The molecule has 6 aromatic rings. The number of hydroxylamine groups is 3. The zero-order valence-corrected chi connectivity index (χ0v) is 51.4. The summed E-state index contributed by atoms with van der Waals surface area (Å²) in [5.74, 6) is 2.11. The van der Waals surface area contributed by atoms with Gasteiger partial charge in [0.15, 0.2) is 11.4 Å². The van der Waals surface area contributed by atoms with Crippen molar-refractivity contribution in [3.8, 4) is 56.9 Å². The number of amides is 2. The molecule has 24 heteroatoms. The van der Waals surface area contributed by atoms with Gasteiger partial charge in [-0.15, -0.1) is 0 Å². The summed E-state index contributed by atoms with van der Waals surface area (Å²) >= 11 is -2.93. The summed E-state index contributed by atoms with van der Waals surface area (Å²) in [6, 6.07) is 11.4. The number of nitrogens with zero attached hydrogens (tertiary/aromatic N) is 7. The summed E-state index contributed by atoms with van der Waals surface area (Å²) in [4.78, 5) is 30.3. The van der Waals surface area contributed by atoms with E-state index in [9.17, 15) is 25.0 Å². The summed E-state index contributed by atoms with van der Waals surface area (Å²) in [7, 11) is 8.42. The predicted octanol–water partition coefficient (Wildman–Crippen LogP) is 9.46. The average Bonchev–Trinajstić information content (AvgIpc) is 4.44. The molecule has 1 unspecified atom stereocenters. The number of rotatable bonds is 9. The summed E-state index contributed by atoms with van der Waals surface area (Å²) in [5, 5.41) is 49.8. The fourth-order valence-corrected chi connectivity index (χ4v) is 9.52. The van der Waals surface area contributed by atoms with E-state index in [0.29, 0.717) is 65.9 Å². The van der Waals surface area contributed by atoms with Crippen LogP contribution in [-0.2, 0) is 46.9 Å². The third-order valence-electron chi connectivity index (χ3n) is 13.2. The van der Waals surface area contributed by atoms with Crippen molar-refractivity contribution in [3.63, 3.8) is 0 Å². The number of allylic oxidation sites excluding steroid dienone is 1. The Bertz CT molecular complexity index is 3410. The van der Waals surface area contributed by atoms with Crippen molar-refractivity contribution in [1.29, 1.82) is 0 Å². The molecule has 21 nitrogen and oxygen atoms in total. The van der Waals surface area contributed by atoms with Crippen molar-refractivity contribution in [2.24, 2.45) is 0 Å². The molecule has 0 spiro atoms. The number of hydrogen-bond donors (Lipinski definition) is 2. The number of fused-ring (bicyclic) bond motifs is 6. The van der Waals surface area contributed by atoms with E-state index >= 15 is 0 Å². The normalized spacial score (nSPS) is 14.7. The second kappa shape index (κ2) is 24.2. The second-order valence-corrected chi connectivity index (χ2v) is 26.1. The molecule has 2 amide bonds. The molecule has 430 valence electrons. The Labute approximate surface area is 470 Å². The molecule has 7 heterocycles. The molecule has 79 heavy (non-hydrogen) atoms. The predicted molar refractivity (Wildman–Crippen MR) is 293 cm³/mol. The Balaban J connectivity index is 0.000000208. The monoisotopic (exact) mass is 1310 g/mol. The van der Waals surface area contributed by atoms with Crippen molar-refractivity contribution in [2.75, 3.05) is 61.7 Å². The molecule has 2 N–H and O–H groups in total. The molecule has 1 saturated heterocycles. The van der Waals surface area contributed by atoms with Gasteiger partial charge in [0.05, 0.1) is 62.8 Å². The topological polar surface area (TPSA) is 254 Å². The molecule has 0 bridgehead atoms. The van der Waals surface area contributed by atoms with Crippen LogP contribution in [0.1, 0.15) is 119 Å². The number of carbonyl (C=O) groups excluding carboxylic acids is 2. The van der Waals surface area contributed by atoms with E-state index in [1.54, 1.807) is 59.2 Å². The number of ether oxygens (including phenoxy) is 5. The number of benzene rings is 2. The van der Waals surface area contributed by atoms with Crippen LogP contribution in [0.3, 0.4) is 0 Å². The fraction of sp³-hybridized carbons (Fsp3) is 0.455. The van der Waals surface area contributed by atoms with Gasteiger partial charge in [-0.25, -0.2) is 9.36 Å². The number of carbonyl (C=O) groups is 2. The Hall–Kier alpha value is -6.22. The standard InChI is InChI=1S/C25H31N3O5S.C25H29N3O3S.C5H11NO2.4O.Os/c1-24(2,3)27(6)23(30)20-17-12-33-19-11-18(32-7)16(22(29)25(4,5)31)10-15(19)21(17)28(26-20)14-8-9-34-13-14;1-15(2)10-16-11-18-21(12-20(16)30-7)31-13-19-22(24(29)27(6)25(3,4)5)26-28(23(18)19)17-8-9-32-14-17;1-6(7)2-4-8-5-3-6;;;;;/h8-11,13,22,29,31H,12H2,1-7H3;8-12,14H,13H2,1-7H3;2-5H2,1H3;;;;;. The van der Waals surface area contributed by atoms with Crippen LogP contribution in [0.25, 0.3) is 40.0 Å². The minimum absolute atomic E-state index is 0.118. The van der Waals surface area contributed by atoms with Gasteiger partial charge in [-0.1, -0.05) is 11.6 Å². The fourth-order valence-electron chi connectivity index (χ4n) is 8.29.